The fourth-order valence-corrected chi connectivity index (χ4v) is 2.71. The lowest BCUT2D eigenvalue weighted by atomic mass is 10.0. The van der Waals surface area contributed by atoms with Crippen LogP contribution in [-0.4, -0.2) is 29.7 Å². The van der Waals surface area contributed by atoms with Crippen LogP contribution in [0, 0.1) is 0 Å². The van der Waals surface area contributed by atoms with Gasteiger partial charge in [-0.25, -0.2) is 4.98 Å². The highest BCUT2D eigenvalue weighted by Crippen LogP contribution is 2.25. The summed E-state index contributed by atoms with van der Waals surface area (Å²) < 4.78 is 5.42. The van der Waals surface area contributed by atoms with E-state index in [9.17, 15) is 0 Å². The Bertz CT molecular complexity index is 597. The van der Waals surface area contributed by atoms with Crippen LogP contribution in [0.2, 0.25) is 0 Å². The minimum absolute atomic E-state index is 0.329. The van der Waals surface area contributed by atoms with E-state index in [0.717, 1.165) is 50.5 Å². The lowest BCUT2D eigenvalue weighted by Crippen LogP contribution is -2.10. The van der Waals surface area contributed by atoms with Gasteiger partial charge in [0.1, 0.15) is 5.82 Å². The van der Waals surface area contributed by atoms with Crippen LogP contribution in [0.15, 0.2) is 36.4 Å². The second kappa shape index (κ2) is 7.22. The third-order valence-corrected chi connectivity index (χ3v) is 3.90. The van der Waals surface area contributed by atoms with E-state index in [4.69, 9.17) is 10.5 Å². The van der Waals surface area contributed by atoms with Crippen LogP contribution in [0.3, 0.4) is 0 Å². The zero-order valence-corrected chi connectivity index (χ0v) is 12.7. The minimum atomic E-state index is 0.329. The molecule has 1 unspecified atom stereocenters. The molecule has 0 spiro atoms. The molecule has 0 bridgehead atoms. The van der Waals surface area contributed by atoms with Crippen LogP contribution >= 0.6 is 0 Å². The molecule has 1 aliphatic heterocycles. The summed E-state index contributed by atoms with van der Waals surface area (Å²) in [5, 5.41) is 3.35. The largest absolute Gasteiger partial charge is 0.381 e. The van der Waals surface area contributed by atoms with Crippen molar-refractivity contribution >= 4 is 11.8 Å². The number of rotatable bonds is 6. The van der Waals surface area contributed by atoms with Crippen molar-refractivity contribution in [3.63, 3.8) is 0 Å². The highest BCUT2D eigenvalue weighted by atomic mass is 16.5. The molecule has 5 heteroatoms. The first-order valence-corrected chi connectivity index (χ1v) is 7.81. The van der Waals surface area contributed by atoms with Crippen molar-refractivity contribution in [2.24, 2.45) is 0 Å². The molecular weight excluding hydrogens is 276 g/mol. The van der Waals surface area contributed by atoms with Crippen molar-refractivity contribution in [3.05, 3.63) is 47.7 Å². The summed E-state index contributed by atoms with van der Waals surface area (Å²) >= 11 is 0. The Morgan fingerprint density at radius 2 is 2.09 bits per heavy atom. The number of hydrogen-bond acceptors (Lipinski definition) is 5. The molecule has 22 heavy (non-hydrogen) atoms. The highest BCUT2D eigenvalue weighted by molar-refractivity contribution is 5.41. The molecule has 1 aliphatic rings. The maximum atomic E-state index is 5.82. The van der Waals surface area contributed by atoms with E-state index >= 15 is 0 Å². The number of hydrogen-bond donors (Lipinski definition) is 2. The summed E-state index contributed by atoms with van der Waals surface area (Å²) in [5.74, 6) is 1.48. The minimum Gasteiger partial charge on any atom is -0.381 e. The number of anilines is 2. The molecule has 1 aromatic heterocycles. The molecule has 0 amide bonds. The van der Waals surface area contributed by atoms with Gasteiger partial charge in [0.25, 0.3) is 0 Å². The van der Waals surface area contributed by atoms with E-state index in [0.29, 0.717) is 11.9 Å². The average Bonchev–Trinajstić information content (AvgIpc) is 3.07. The Hall–Kier alpha value is -2.14. The fraction of sp³-hybridized carbons (Fsp3) is 0.412. The Balaban J connectivity index is 1.53. The summed E-state index contributed by atoms with van der Waals surface area (Å²) in [6.45, 7) is 2.39. The predicted octanol–water partition coefficient (Wildman–Crippen LogP) is 2.61. The van der Waals surface area contributed by atoms with Crippen LogP contribution < -0.4 is 11.1 Å². The molecule has 0 aliphatic carbocycles. The molecule has 0 saturated carbocycles. The van der Waals surface area contributed by atoms with E-state index in [1.807, 2.05) is 12.1 Å². The van der Waals surface area contributed by atoms with Gasteiger partial charge in [0, 0.05) is 25.1 Å². The Labute approximate surface area is 130 Å². The quantitative estimate of drug-likeness (QED) is 0.802. The maximum absolute atomic E-state index is 5.82. The molecule has 2 aromatic rings. The van der Waals surface area contributed by atoms with E-state index in [1.165, 1.54) is 5.56 Å². The maximum Gasteiger partial charge on any atom is 0.222 e. The Morgan fingerprint density at radius 3 is 2.86 bits per heavy atom. The summed E-state index contributed by atoms with van der Waals surface area (Å²) in [5.41, 5.74) is 8.16. The first-order chi connectivity index (χ1) is 10.8. The third-order valence-electron chi connectivity index (χ3n) is 3.90. The summed E-state index contributed by atoms with van der Waals surface area (Å²) in [6.07, 6.45) is 3.11. The first kappa shape index (κ1) is 14.8. The summed E-state index contributed by atoms with van der Waals surface area (Å²) in [7, 11) is 0. The van der Waals surface area contributed by atoms with Gasteiger partial charge in [-0.05, 0) is 24.8 Å². The second-order valence-electron chi connectivity index (χ2n) is 5.61. The number of aromatic nitrogens is 2. The number of nitrogens with zero attached hydrogens (tertiary/aromatic N) is 2. The second-order valence-corrected chi connectivity index (χ2v) is 5.61. The van der Waals surface area contributed by atoms with Crippen molar-refractivity contribution in [3.8, 4) is 0 Å². The van der Waals surface area contributed by atoms with Gasteiger partial charge in [0.2, 0.25) is 5.95 Å². The third kappa shape index (κ3) is 3.95. The van der Waals surface area contributed by atoms with E-state index in [1.54, 1.807) is 0 Å². The number of nitrogens with one attached hydrogen (secondary N) is 1. The monoisotopic (exact) mass is 298 g/mol. The van der Waals surface area contributed by atoms with Gasteiger partial charge in [-0.3, -0.25) is 0 Å². The average molecular weight is 298 g/mol. The highest BCUT2D eigenvalue weighted by Gasteiger charge is 2.20. The Morgan fingerprint density at radius 1 is 1.23 bits per heavy atom. The molecule has 0 radical (unpaired) electrons. The van der Waals surface area contributed by atoms with E-state index in [2.05, 4.69) is 39.6 Å². The van der Waals surface area contributed by atoms with Crippen LogP contribution in [0.25, 0.3) is 0 Å². The van der Waals surface area contributed by atoms with Gasteiger partial charge < -0.3 is 15.8 Å². The number of benzene rings is 1. The van der Waals surface area contributed by atoms with Crippen molar-refractivity contribution in [1.82, 2.24) is 9.97 Å². The normalized spacial score (nSPS) is 17.5. The van der Waals surface area contributed by atoms with Gasteiger partial charge in [0.15, 0.2) is 0 Å². The number of ether oxygens (including phenoxy) is 1. The van der Waals surface area contributed by atoms with Crippen molar-refractivity contribution in [1.29, 1.82) is 0 Å². The zero-order valence-electron chi connectivity index (χ0n) is 12.7. The molecule has 1 fully saturated rings. The van der Waals surface area contributed by atoms with Gasteiger partial charge in [-0.2, -0.15) is 4.98 Å². The van der Waals surface area contributed by atoms with Crippen LogP contribution in [-0.2, 0) is 11.2 Å². The lowest BCUT2D eigenvalue weighted by molar-refractivity contribution is 0.193. The molecule has 1 saturated heterocycles. The molecule has 116 valence electrons. The molecule has 1 aromatic carbocycles. The van der Waals surface area contributed by atoms with Gasteiger partial charge >= 0.3 is 0 Å². The standard InChI is InChI=1S/C17H22N4O/c18-17-20-15(14-8-10-22-12-14)11-16(21-17)19-9-4-7-13-5-2-1-3-6-13/h1-3,5-6,11,14H,4,7-10,12H2,(H3,18,19,20,21). The van der Waals surface area contributed by atoms with E-state index < -0.39 is 0 Å². The Kier molecular flexibility index (Phi) is 4.85. The smallest absolute Gasteiger partial charge is 0.222 e. The van der Waals surface area contributed by atoms with Crippen LogP contribution in [0.1, 0.15) is 30.0 Å². The lowest BCUT2D eigenvalue weighted by Gasteiger charge is -2.11. The molecule has 2 heterocycles. The molecular formula is C17H22N4O. The molecule has 3 N–H and O–H groups in total. The summed E-state index contributed by atoms with van der Waals surface area (Å²) in [6, 6.07) is 12.5. The van der Waals surface area contributed by atoms with Crippen molar-refractivity contribution in [2.75, 3.05) is 30.8 Å². The fourth-order valence-electron chi connectivity index (χ4n) is 2.71. The first-order valence-electron chi connectivity index (χ1n) is 7.81. The van der Waals surface area contributed by atoms with Crippen LogP contribution in [0.4, 0.5) is 11.8 Å². The van der Waals surface area contributed by atoms with Gasteiger partial charge in [-0.15, -0.1) is 0 Å². The van der Waals surface area contributed by atoms with Crippen molar-refractivity contribution in [2.45, 2.75) is 25.2 Å². The van der Waals surface area contributed by atoms with Gasteiger partial charge in [-0.1, -0.05) is 30.3 Å². The number of aryl methyl sites for hydroxylation is 1. The molecule has 5 nitrogen and oxygen atoms in total. The number of nitrogen functional groups attached to an aromatic ring is 1. The molecule has 3 rings (SSSR count). The van der Waals surface area contributed by atoms with Crippen LogP contribution in [0.5, 0.6) is 0 Å². The summed E-state index contributed by atoms with van der Waals surface area (Å²) in [4.78, 5) is 8.60. The zero-order chi connectivity index (χ0) is 15.2. The van der Waals surface area contributed by atoms with Crippen molar-refractivity contribution < 1.29 is 4.74 Å². The van der Waals surface area contributed by atoms with Gasteiger partial charge in [0.05, 0.1) is 12.3 Å². The van der Waals surface area contributed by atoms with E-state index in [-0.39, 0.29) is 0 Å². The molecule has 1 atom stereocenters. The topological polar surface area (TPSA) is 73.1 Å². The number of nitrogens with two attached hydrogens (primary N) is 1. The predicted molar refractivity (Wildman–Crippen MR) is 87.9 cm³/mol. The SMILES string of the molecule is Nc1nc(NCCCc2ccccc2)cc(C2CCOC2)n1.